The number of esters is 1. The van der Waals surface area contributed by atoms with Crippen LogP contribution in [0.3, 0.4) is 0 Å². The number of anilines is 1. The zero-order valence-corrected chi connectivity index (χ0v) is 18.2. The first kappa shape index (κ1) is 22.3. The van der Waals surface area contributed by atoms with Crippen LogP contribution in [0.5, 0.6) is 11.5 Å². The van der Waals surface area contributed by atoms with Crippen LogP contribution >= 0.6 is 22.9 Å². The summed E-state index contributed by atoms with van der Waals surface area (Å²) in [7, 11) is 2.74. The molecule has 31 heavy (non-hydrogen) atoms. The summed E-state index contributed by atoms with van der Waals surface area (Å²) in [5.74, 6) is -0.384. The van der Waals surface area contributed by atoms with Crippen molar-refractivity contribution >= 4 is 46.1 Å². The number of nitrogens with one attached hydrogen (secondary N) is 1. The molecule has 7 nitrogen and oxygen atoms in total. The van der Waals surface area contributed by atoms with Gasteiger partial charge in [-0.2, -0.15) is 0 Å². The van der Waals surface area contributed by atoms with Gasteiger partial charge in [0.1, 0.15) is 22.1 Å². The Kier molecular flexibility index (Phi) is 7.28. The molecule has 9 heteroatoms. The second kappa shape index (κ2) is 10.1. The number of ether oxygens (including phenoxy) is 3. The number of carbonyl (C=O) groups is 3. The monoisotopic (exact) mass is 459 g/mol. The number of thiophene rings is 1. The fraction of sp³-hybridized carbons (Fsp3) is 0.136. The quantitative estimate of drug-likeness (QED) is 0.388. The summed E-state index contributed by atoms with van der Waals surface area (Å²) in [5, 5.41) is 5.15. The molecule has 0 atom stereocenters. The summed E-state index contributed by atoms with van der Waals surface area (Å²) in [6, 6.07) is 11.7. The van der Waals surface area contributed by atoms with Gasteiger partial charge >= 0.3 is 5.97 Å². The first-order valence-corrected chi connectivity index (χ1v) is 10.2. The predicted molar refractivity (Wildman–Crippen MR) is 119 cm³/mol. The van der Waals surface area contributed by atoms with Crippen LogP contribution in [-0.2, 0) is 9.53 Å². The van der Waals surface area contributed by atoms with Crippen LogP contribution in [-0.4, -0.2) is 39.0 Å². The summed E-state index contributed by atoms with van der Waals surface area (Å²) < 4.78 is 15.4. The Labute approximate surface area is 187 Å². The van der Waals surface area contributed by atoms with Crippen LogP contribution in [0, 0.1) is 0 Å². The zero-order chi connectivity index (χ0) is 22.4. The van der Waals surface area contributed by atoms with Crippen molar-refractivity contribution in [1.29, 1.82) is 0 Å². The Morgan fingerprint density at radius 1 is 1.13 bits per heavy atom. The van der Waals surface area contributed by atoms with Crippen LogP contribution in [0.2, 0.25) is 5.02 Å². The highest BCUT2D eigenvalue weighted by atomic mass is 35.5. The normalized spacial score (nSPS) is 10.3. The second-order valence-electron chi connectivity index (χ2n) is 6.18. The number of benzene rings is 2. The number of hydrogen-bond acceptors (Lipinski definition) is 7. The summed E-state index contributed by atoms with van der Waals surface area (Å²) in [5.41, 5.74) is 1.65. The molecule has 0 radical (unpaired) electrons. The molecule has 0 fully saturated rings. The minimum absolute atomic E-state index is 0.201. The van der Waals surface area contributed by atoms with E-state index in [1.54, 1.807) is 35.7 Å². The van der Waals surface area contributed by atoms with Gasteiger partial charge in [0, 0.05) is 21.5 Å². The lowest BCUT2D eigenvalue weighted by Gasteiger charge is -2.11. The molecule has 1 aromatic heterocycles. The molecular formula is C22H18ClNO6S. The Balaban J connectivity index is 1.80. The van der Waals surface area contributed by atoms with Gasteiger partial charge in [-0.05, 0) is 24.3 Å². The minimum Gasteiger partial charge on any atom is -0.497 e. The van der Waals surface area contributed by atoms with Gasteiger partial charge in [-0.15, -0.1) is 11.3 Å². The molecule has 3 rings (SSSR count). The number of carbonyl (C=O) groups excluding carboxylic acids is 3. The number of methoxy groups -OCH3 is 2. The first-order valence-electron chi connectivity index (χ1n) is 8.99. The van der Waals surface area contributed by atoms with E-state index in [9.17, 15) is 14.4 Å². The van der Waals surface area contributed by atoms with Crippen molar-refractivity contribution in [2.75, 3.05) is 26.1 Å². The van der Waals surface area contributed by atoms with Crippen LogP contribution < -0.4 is 14.8 Å². The third-order valence-electron chi connectivity index (χ3n) is 4.30. The highest BCUT2D eigenvalue weighted by molar-refractivity contribution is 7.15. The molecule has 2 aromatic carbocycles. The molecule has 0 unspecified atom stereocenters. The van der Waals surface area contributed by atoms with E-state index >= 15 is 0 Å². The Morgan fingerprint density at radius 3 is 2.58 bits per heavy atom. The summed E-state index contributed by atoms with van der Waals surface area (Å²) >= 11 is 7.44. The lowest BCUT2D eigenvalue weighted by molar-refractivity contribution is -0.118. The SMILES string of the molecule is COC(=O)c1c(-c2ccccc2Cl)csc1NC(=O)COc1ccc(OC)cc1C=O. The molecule has 1 amide bonds. The van der Waals surface area contributed by atoms with E-state index in [1.165, 1.54) is 37.7 Å². The van der Waals surface area contributed by atoms with Crippen molar-refractivity contribution in [1.82, 2.24) is 0 Å². The lowest BCUT2D eigenvalue weighted by Crippen LogP contribution is -2.21. The number of hydrogen-bond donors (Lipinski definition) is 1. The van der Waals surface area contributed by atoms with Crippen LogP contribution in [0.4, 0.5) is 5.00 Å². The number of halogens is 1. The minimum atomic E-state index is -0.606. The van der Waals surface area contributed by atoms with E-state index in [1.807, 2.05) is 0 Å². The summed E-state index contributed by atoms with van der Waals surface area (Å²) in [4.78, 5) is 36.1. The highest BCUT2D eigenvalue weighted by Crippen LogP contribution is 2.39. The van der Waals surface area contributed by atoms with Crippen molar-refractivity contribution in [3.05, 3.63) is 64.0 Å². The molecular weight excluding hydrogens is 442 g/mol. The fourth-order valence-electron chi connectivity index (χ4n) is 2.82. The third kappa shape index (κ3) is 5.04. The molecule has 1 heterocycles. The predicted octanol–water partition coefficient (Wildman–Crippen LogP) is 4.69. The van der Waals surface area contributed by atoms with Gasteiger partial charge in [-0.25, -0.2) is 4.79 Å². The molecule has 3 aromatic rings. The van der Waals surface area contributed by atoms with Gasteiger partial charge in [0.15, 0.2) is 12.9 Å². The molecule has 0 aliphatic rings. The van der Waals surface area contributed by atoms with E-state index in [0.29, 0.717) is 33.2 Å². The molecule has 0 spiro atoms. The van der Waals surface area contributed by atoms with E-state index in [0.717, 1.165) is 0 Å². The summed E-state index contributed by atoms with van der Waals surface area (Å²) in [6.45, 7) is -0.368. The van der Waals surface area contributed by atoms with Gasteiger partial charge in [0.05, 0.1) is 19.8 Å². The topological polar surface area (TPSA) is 90.9 Å². The van der Waals surface area contributed by atoms with Crippen LogP contribution in [0.25, 0.3) is 11.1 Å². The van der Waals surface area contributed by atoms with Crippen molar-refractivity contribution in [3.8, 4) is 22.6 Å². The molecule has 0 bridgehead atoms. The largest absolute Gasteiger partial charge is 0.497 e. The maximum absolute atomic E-state index is 12.5. The molecule has 1 N–H and O–H groups in total. The Bertz CT molecular complexity index is 1130. The second-order valence-corrected chi connectivity index (χ2v) is 7.47. The van der Waals surface area contributed by atoms with Crippen molar-refractivity contribution < 1.29 is 28.6 Å². The van der Waals surface area contributed by atoms with Crippen molar-refractivity contribution in [2.24, 2.45) is 0 Å². The number of aldehydes is 1. The van der Waals surface area contributed by atoms with Gasteiger partial charge in [0.25, 0.3) is 5.91 Å². The standard InChI is InChI=1S/C22H18ClNO6S/c1-28-14-7-8-18(13(9-14)10-25)30-11-19(26)24-21-20(22(27)29-2)16(12-31-21)15-5-3-4-6-17(15)23/h3-10,12H,11H2,1-2H3,(H,24,26). The Hall–Kier alpha value is -3.36. The molecule has 160 valence electrons. The van der Waals surface area contributed by atoms with E-state index in [2.05, 4.69) is 5.32 Å². The maximum Gasteiger partial charge on any atom is 0.341 e. The highest BCUT2D eigenvalue weighted by Gasteiger charge is 2.23. The molecule has 0 aliphatic heterocycles. The fourth-order valence-corrected chi connectivity index (χ4v) is 4.02. The van der Waals surface area contributed by atoms with Crippen molar-refractivity contribution in [2.45, 2.75) is 0 Å². The maximum atomic E-state index is 12.5. The average Bonchev–Trinajstić information content (AvgIpc) is 3.20. The van der Waals surface area contributed by atoms with Gasteiger partial charge < -0.3 is 19.5 Å². The Morgan fingerprint density at radius 2 is 1.90 bits per heavy atom. The average molecular weight is 460 g/mol. The number of amides is 1. The van der Waals surface area contributed by atoms with E-state index < -0.39 is 11.9 Å². The first-order chi connectivity index (χ1) is 15.0. The zero-order valence-electron chi connectivity index (χ0n) is 16.6. The smallest absolute Gasteiger partial charge is 0.341 e. The van der Waals surface area contributed by atoms with Crippen LogP contribution in [0.15, 0.2) is 47.8 Å². The van der Waals surface area contributed by atoms with Crippen molar-refractivity contribution in [3.63, 3.8) is 0 Å². The lowest BCUT2D eigenvalue weighted by atomic mass is 10.0. The third-order valence-corrected chi connectivity index (χ3v) is 5.53. The molecule has 0 saturated carbocycles. The van der Waals surface area contributed by atoms with Gasteiger partial charge in [-0.1, -0.05) is 29.8 Å². The van der Waals surface area contributed by atoms with E-state index in [4.69, 9.17) is 25.8 Å². The number of rotatable bonds is 8. The van der Waals surface area contributed by atoms with Gasteiger partial charge in [-0.3, -0.25) is 9.59 Å². The van der Waals surface area contributed by atoms with Gasteiger partial charge in [0.2, 0.25) is 0 Å². The van der Waals surface area contributed by atoms with Crippen LogP contribution in [0.1, 0.15) is 20.7 Å². The van der Waals surface area contributed by atoms with E-state index in [-0.39, 0.29) is 23.5 Å². The molecule has 0 saturated heterocycles. The summed E-state index contributed by atoms with van der Waals surface area (Å²) in [6.07, 6.45) is 0.611. The molecule has 0 aliphatic carbocycles.